The Kier molecular flexibility index (Phi) is 5.33. The number of halogens is 1. The van der Waals surface area contributed by atoms with Crippen LogP contribution in [-0.4, -0.2) is 58.7 Å². The molecular formula is C26H39BrN2O2. The summed E-state index contributed by atoms with van der Waals surface area (Å²) in [6, 6.07) is 10.0. The highest BCUT2D eigenvalue weighted by Crippen LogP contribution is 2.71. The number of para-hydroxylation sites is 1. The summed E-state index contributed by atoms with van der Waals surface area (Å²) in [5.74, 6) is 1.18. The molecule has 1 aromatic carbocycles. The lowest BCUT2D eigenvalue weighted by molar-refractivity contribution is -1.04. The summed E-state index contributed by atoms with van der Waals surface area (Å²) in [7, 11) is 2.25. The molecule has 0 amide bonds. The maximum absolute atomic E-state index is 12.0. The first kappa shape index (κ1) is 22.2. The summed E-state index contributed by atoms with van der Waals surface area (Å²) in [6.07, 6.45) is 7.77. The first-order valence-corrected chi connectivity index (χ1v) is 12.6. The number of anilines is 1. The van der Waals surface area contributed by atoms with Gasteiger partial charge in [0.25, 0.3) is 0 Å². The molecule has 7 rings (SSSR count). The zero-order valence-electron chi connectivity index (χ0n) is 19.3. The van der Waals surface area contributed by atoms with Crippen LogP contribution in [0.3, 0.4) is 0 Å². The largest absolute Gasteiger partial charge is 1.00 e. The van der Waals surface area contributed by atoms with Crippen LogP contribution in [0.15, 0.2) is 24.3 Å². The van der Waals surface area contributed by atoms with E-state index in [2.05, 4.69) is 50.1 Å². The molecule has 3 unspecified atom stereocenters. The monoisotopic (exact) mass is 490 g/mol. The Morgan fingerprint density at radius 3 is 2.61 bits per heavy atom. The van der Waals surface area contributed by atoms with Crippen molar-refractivity contribution < 1.29 is 31.7 Å². The first-order chi connectivity index (χ1) is 14.5. The van der Waals surface area contributed by atoms with Gasteiger partial charge in [0.05, 0.1) is 30.1 Å². The molecule has 1 aliphatic carbocycles. The van der Waals surface area contributed by atoms with Crippen molar-refractivity contribution in [3.8, 4) is 0 Å². The van der Waals surface area contributed by atoms with E-state index in [9.17, 15) is 10.2 Å². The summed E-state index contributed by atoms with van der Waals surface area (Å²) < 4.78 is 0.894. The Balaban J connectivity index is 0.00000204. The van der Waals surface area contributed by atoms with Gasteiger partial charge in [-0.3, -0.25) is 4.48 Å². The molecule has 2 N–H and O–H groups in total. The Morgan fingerprint density at radius 2 is 1.87 bits per heavy atom. The zero-order chi connectivity index (χ0) is 20.8. The fraction of sp³-hybridized carbons (Fsp3) is 0.769. The van der Waals surface area contributed by atoms with Crippen LogP contribution in [0.2, 0.25) is 0 Å². The minimum absolute atomic E-state index is 0. The van der Waals surface area contributed by atoms with Crippen LogP contribution in [0.1, 0.15) is 64.4 Å². The van der Waals surface area contributed by atoms with Gasteiger partial charge in [-0.25, -0.2) is 0 Å². The maximum Gasteiger partial charge on any atom is 0.194 e. The van der Waals surface area contributed by atoms with E-state index >= 15 is 0 Å². The van der Waals surface area contributed by atoms with Crippen molar-refractivity contribution in [3.63, 3.8) is 0 Å². The molecule has 5 heterocycles. The van der Waals surface area contributed by atoms with Crippen molar-refractivity contribution in [2.75, 3.05) is 18.5 Å². The van der Waals surface area contributed by atoms with Crippen molar-refractivity contribution in [1.82, 2.24) is 0 Å². The molecule has 0 aromatic heterocycles. The van der Waals surface area contributed by atoms with E-state index in [4.69, 9.17) is 0 Å². The van der Waals surface area contributed by atoms with E-state index in [1.807, 2.05) is 0 Å². The number of unbranched alkanes of at least 4 members (excludes halogenated alkanes) is 3. The van der Waals surface area contributed by atoms with Crippen molar-refractivity contribution in [1.29, 1.82) is 0 Å². The number of likely N-dealkylation sites (N-methyl/N-ethyl adjacent to an activating group) is 1. The van der Waals surface area contributed by atoms with Crippen LogP contribution in [0.25, 0.3) is 0 Å². The molecular weight excluding hydrogens is 452 g/mol. The summed E-state index contributed by atoms with van der Waals surface area (Å²) in [5.41, 5.74) is 2.57. The van der Waals surface area contributed by atoms with E-state index in [-0.39, 0.29) is 34.7 Å². The Morgan fingerprint density at radius 1 is 1.10 bits per heavy atom. The first-order valence-electron chi connectivity index (χ1n) is 12.6. The highest BCUT2D eigenvalue weighted by Gasteiger charge is 2.82. The topological polar surface area (TPSA) is 43.7 Å². The molecule has 1 spiro atoms. The van der Waals surface area contributed by atoms with Crippen molar-refractivity contribution in [2.45, 2.75) is 94.7 Å². The number of hydrogen-bond acceptors (Lipinski definition) is 3. The van der Waals surface area contributed by atoms with Gasteiger partial charge in [-0.1, -0.05) is 44.9 Å². The van der Waals surface area contributed by atoms with Gasteiger partial charge in [0.1, 0.15) is 6.04 Å². The van der Waals surface area contributed by atoms with Gasteiger partial charge in [-0.15, -0.1) is 0 Å². The predicted molar refractivity (Wildman–Crippen MR) is 119 cm³/mol. The van der Waals surface area contributed by atoms with E-state index in [1.54, 1.807) is 0 Å². The van der Waals surface area contributed by atoms with Gasteiger partial charge >= 0.3 is 0 Å². The second kappa shape index (κ2) is 7.44. The summed E-state index contributed by atoms with van der Waals surface area (Å²) in [4.78, 5) is 2.50. The van der Waals surface area contributed by atoms with Crippen molar-refractivity contribution >= 4 is 5.69 Å². The van der Waals surface area contributed by atoms with E-state index in [1.165, 1.54) is 43.4 Å². The highest BCUT2D eigenvalue weighted by atomic mass is 79.9. The number of piperidine rings is 4. The Hall–Kier alpha value is -0.620. The number of benzene rings is 1. The lowest BCUT2D eigenvalue weighted by Crippen LogP contribution is -3.00. The van der Waals surface area contributed by atoms with Crippen LogP contribution < -0.4 is 21.9 Å². The standard InChI is InChI=1S/C26H39N2O2.BrH/c1-4-6-7-10-13-28-20-14-17(16(5-2)25(28)30)22-21(28)15-26(24(22)29)18-11-8-9-12-19(18)27(3)23(20)26;/h8-9,11-12,16-17,20-25,29-30H,4-7,10,13-15H2,1-3H3;1H/q+1;/p-1/t16-,17+,20?,21-,22?,23-,24+,25+,26+,28?;/m0./s1. The van der Waals surface area contributed by atoms with Crippen LogP contribution in [0, 0.1) is 17.8 Å². The lowest BCUT2D eigenvalue weighted by Gasteiger charge is -2.68. The molecule has 5 heteroatoms. The number of fused-ring (bicyclic) bond motifs is 2. The Bertz CT molecular complexity index is 850. The zero-order valence-corrected chi connectivity index (χ0v) is 20.8. The average Bonchev–Trinajstić information content (AvgIpc) is 3.14. The highest BCUT2D eigenvalue weighted by molar-refractivity contribution is 5.66. The van der Waals surface area contributed by atoms with Gasteiger partial charge < -0.3 is 32.1 Å². The van der Waals surface area contributed by atoms with Crippen molar-refractivity contribution in [3.05, 3.63) is 29.8 Å². The SMILES string of the molecule is CCCCCC[N+]12C3C[C@@H](C4[C@@H](O)[C@]5(C[C@@H]41)c1ccccc1N(C)[C@@H]35)[C@H](CC)[C@H]2O.[Br-]. The molecule has 5 aliphatic heterocycles. The average molecular weight is 492 g/mol. The van der Waals surface area contributed by atoms with Crippen LogP contribution in [0.5, 0.6) is 0 Å². The number of rotatable bonds is 6. The fourth-order valence-corrected chi connectivity index (χ4v) is 9.65. The van der Waals surface area contributed by atoms with Crippen molar-refractivity contribution in [2.24, 2.45) is 17.8 Å². The molecule has 4 saturated heterocycles. The number of aliphatic hydroxyl groups excluding tert-OH is 2. The van der Waals surface area contributed by atoms with Gasteiger partial charge in [0, 0.05) is 37.4 Å². The molecule has 6 aliphatic rings. The van der Waals surface area contributed by atoms with Crippen LogP contribution in [-0.2, 0) is 5.41 Å². The summed E-state index contributed by atoms with van der Waals surface area (Å²) >= 11 is 0. The normalized spacial score (nSPS) is 48.0. The minimum Gasteiger partial charge on any atom is -1.00 e. The van der Waals surface area contributed by atoms with E-state index in [0.29, 0.717) is 35.9 Å². The lowest BCUT2D eigenvalue weighted by atomic mass is 9.60. The number of aliphatic hydroxyl groups is 2. The summed E-state index contributed by atoms with van der Waals surface area (Å²) in [6.45, 7) is 5.62. The van der Waals surface area contributed by atoms with E-state index < -0.39 is 0 Å². The molecule has 5 fully saturated rings. The third kappa shape index (κ3) is 2.37. The molecule has 5 bridgehead atoms. The number of quaternary nitrogens is 1. The quantitative estimate of drug-likeness (QED) is 0.454. The van der Waals surface area contributed by atoms with Gasteiger partial charge in [-0.05, 0) is 36.8 Å². The van der Waals surface area contributed by atoms with Crippen LogP contribution >= 0.6 is 0 Å². The molecule has 172 valence electrons. The summed E-state index contributed by atoms with van der Waals surface area (Å²) in [5, 5.41) is 23.9. The second-order valence-corrected chi connectivity index (χ2v) is 11.1. The fourth-order valence-electron chi connectivity index (χ4n) is 9.65. The maximum atomic E-state index is 12.0. The number of nitrogens with zero attached hydrogens (tertiary/aromatic N) is 2. The second-order valence-electron chi connectivity index (χ2n) is 11.1. The van der Waals surface area contributed by atoms with E-state index in [0.717, 1.165) is 23.9 Å². The molecule has 1 saturated carbocycles. The van der Waals surface area contributed by atoms with Gasteiger partial charge in [-0.2, -0.15) is 0 Å². The molecule has 0 radical (unpaired) electrons. The van der Waals surface area contributed by atoms with Gasteiger partial charge in [0.15, 0.2) is 6.23 Å². The smallest absolute Gasteiger partial charge is 0.194 e. The molecule has 4 nitrogen and oxygen atoms in total. The Labute approximate surface area is 198 Å². The third-order valence-corrected chi connectivity index (χ3v) is 10.5. The predicted octanol–water partition coefficient (Wildman–Crippen LogP) is 0.654. The number of hydrogen-bond donors (Lipinski definition) is 2. The third-order valence-electron chi connectivity index (χ3n) is 10.5. The van der Waals surface area contributed by atoms with Gasteiger partial charge in [0.2, 0.25) is 0 Å². The molecule has 10 atom stereocenters. The molecule has 1 aromatic rings. The minimum atomic E-state index is -0.272. The molecule has 31 heavy (non-hydrogen) atoms. The van der Waals surface area contributed by atoms with Crippen LogP contribution in [0.4, 0.5) is 5.69 Å².